The Morgan fingerprint density at radius 3 is 2.58 bits per heavy atom. The summed E-state index contributed by atoms with van der Waals surface area (Å²) in [5, 5.41) is 5.57. The summed E-state index contributed by atoms with van der Waals surface area (Å²) < 4.78 is 4.65. The highest BCUT2D eigenvalue weighted by atomic mass is 35.5. The third-order valence-electron chi connectivity index (χ3n) is 3.02. The van der Waals surface area contributed by atoms with E-state index < -0.39 is 23.8 Å². The van der Waals surface area contributed by atoms with E-state index in [1.165, 1.54) is 25.3 Å². The lowest BCUT2D eigenvalue weighted by Crippen LogP contribution is -2.46. The molecule has 24 heavy (non-hydrogen) atoms. The van der Waals surface area contributed by atoms with Gasteiger partial charge in [0.25, 0.3) is 5.91 Å². The molecule has 0 aliphatic rings. The summed E-state index contributed by atoms with van der Waals surface area (Å²) in [5.74, 6) is -0.841. The van der Waals surface area contributed by atoms with E-state index >= 15 is 0 Å². The maximum atomic E-state index is 12.0. The third kappa shape index (κ3) is 6.59. The molecule has 0 unspecified atom stereocenters. The van der Waals surface area contributed by atoms with Gasteiger partial charge in [-0.25, -0.2) is 4.79 Å². The van der Waals surface area contributed by atoms with Crippen LogP contribution in [0.4, 0.5) is 0 Å². The zero-order valence-corrected chi connectivity index (χ0v) is 15.6. The molecular formula is C15H18Cl2N2O4S. The number of hydrogen-bond donors (Lipinski definition) is 2. The van der Waals surface area contributed by atoms with Crippen molar-refractivity contribution in [2.75, 3.05) is 25.7 Å². The second kappa shape index (κ2) is 10.4. The average molecular weight is 393 g/mol. The van der Waals surface area contributed by atoms with E-state index in [-0.39, 0.29) is 17.1 Å². The first-order valence-corrected chi connectivity index (χ1v) is 9.13. The van der Waals surface area contributed by atoms with Crippen molar-refractivity contribution in [1.82, 2.24) is 10.6 Å². The number of benzene rings is 1. The van der Waals surface area contributed by atoms with Crippen molar-refractivity contribution in [1.29, 1.82) is 0 Å². The van der Waals surface area contributed by atoms with E-state index in [0.29, 0.717) is 17.2 Å². The molecule has 0 bridgehead atoms. The Morgan fingerprint density at radius 1 is 1.29 bits per heavy atom. The summed E-state index contributed by atoms with van der Waals surface area (Å²) in [5.41, 5.74) is 0.209. The number of ether oxygens (including phenoxy) is 1. The molecule has 0 saturated heterocycles. The molecule has 132 valence electrons. The van der Waals surface area contributed by atoms with E-state index in [1.807, 2.05) is 6.26 Å². The van der Waals surface area contributed by atoms with Gasteiger partial charge in [-0.1, -0.05) is 23.2 Å². The van der Waals surface area contributed by atoms with Crippen LogP contribution in [0.3, 0.4) is 0 Å². The summed E-state index contributed by atoms with van der Waals surface area (Å²) in [6.07, 6.45) is 2.34. The van der Waals surface area contributed by atoms with E-state index in [1.54, 1.807) is 11.8 Å². The van der Waals surface area contributed by atoms with Crippen LogP contribution in [0.15, 0.2) is 18.2 Å². The fourth-order valence-corrected chi connectivity index (χ4v) is 2.77. The Kier molecular flexibility index (Phi) is 8.95. The van der Waals surface area contributed by atoms with E-state index in [4.69, 9.17) is 23.2 Å². The minimum absolute atomic E-state index is 0.188. The molecule has 1 rings (SSSR count). The van der Waals surface area contributed by atoms with Gasteiger partial charge in [0.05, 0.1) is 24.2 Å². The first-order valence-electron chi connectivity index (χ1n) is 6.98. The SMILES string of the molecule is COC(=O)[C@@H](CCSC)NC(=O)CNC(=O)c1ccc(Cl)cc1Cl. The second-order valence-corrected chi connectivity index (χ2v) is 6.56. The number of methoxy groups -OCH3 is 1. The van der Waals surface area contributed by atoms with Crippen LogP contribution < -0.4 is 10.6 Å². The van der Waals surface area contributed by atoms with Crippen LogP contribution in [0.25, 0.3) is 0 Å². The predicted octanol–water partition coefficient (Wildman–Crippen LogP) is 2.13. The fourth-order valence-electron chi connectivity index (χ4n) is 1.80. The number of halogens is 2. The quantitative estimate of drug-likeness (QED) is 0.661. The molecular weight excluding hydrogens is 375 g/mol. The van der Waals surface area contributed by atoms with Gasteiger partial charge in [-0.05, 0) is 36.6 Å². The van der Waals surface area contributed by atoms with E-state index in [9.17, 15) is 14.4 Å². The van der Waals surface area contributed by atoms with Crippen molar-refractivity contribution in [3.05, 3.63) is 33.8 Å². The summed E-state index contributed by atoms with van der Waals surface area (Å²) in [6.45, 7) is -0.287. The molecule has 1 aromatic rings. The lowest BCUT2D eigenvalue weighted by Gasteiger charge is -2.16. The van der Waals surface area contributed by atoms with Crippen LogP contribution in [0.2, 0.25) is 10.0 Å². The van der Waals surface area contributed by atoms with Crippen LogP contribution in [0, 0.1) is 0 Å². The monoisotopic (exact) mass is 392 g/mol. The Labute approximate surface area is 154 Å². The van der Waals surface area contributed by atoms with Gasteiger partial charge in [0.2, 0.25) is 5.91 Å². The molecule has 0 saturated carbocycles. The van der Waals surface area contributed by atoms with Crippen LogP contribution in [-0.4, -0.2) is 49.5 Å². The fraction of sp³-hybridized carbons (Fsp3) is 0.400. The molecule has 0 fully saturated rings. The lowest BCUT2D eigenvalue weighted by molar-refractivity contribution is -0.145. The van der Waals surface area contributed by atoms with Crippen molar-refractivity contribution in [2.45, 2.75) is 12.5 Å². The lowest BCUT2D eigenvalue weighted by atomic mass is 10.2. The van der Waals surface area contributed by atoms with Gasteiger partial charge >= 0.3 is 5.97 Å². The molecule has 0 heterocycles. The molecule has 0 radical (unpaired) electrons. The number of carbonyl (C=O) groups excluding carboxylic acids is 3. The molecule has 9 heteroatoms. The second-order valence-electron chi connectivity index (χ2n) is 4.73. The van der Waals surface area contributed by atoms with Crippen LogP contribution >= 0.6 is 35.0 Å². The van der Waals surface area contributed by atoms with Crippen LogP contribution in [0.5, 0.6) is 0 Å². The third-order valence-corrected chi connectivity index (χ3v) is 4.21. The number of rotatable bonds is 8. The molecule has 0 spiro atoms. The molecule has 2 N–H and O–H groups in total. The van der Waals surface area contributed by atoms with Gasteiger partial charge < -0.3 is 15.4 Å². The maximum absolute atomic E-state index is 12.0. The van der Waals surface area contributed by atoms with Gasteiger partial charge in [-0.3, -0.25) is 9.59 Å². The molecule has 1 aromatic carbocycles. The molecule has 2 amide bonds. The van der Waals surface area contributed by atoms with Gasteiger partial charge in [-0.2, -0.15) is 11.8 Å². The van der Waals surface area contributed by atoms with Crippen molar-refractivity contribution in [3.63, 3.8) is 0 Å². The van der Waals surface area contributed by atoms with Crippen molar-refractivity contribution in [2.24, 2.45) is 0 Å². The number of thioether (sulfide) groups is 1. The number of esters is 1. The Balaban J connectivity index is 2.57. The minimum atomic E-state index is -0.744. The van der Waals surface area contributed by atoms with Crippen molar-refractivity contribution in [3.8, 4) is 0 Å². The number of carbonyl (C=O) groups is 3. The first kappa shape index (κ1) is 20.6. The summed E-state index contributed by atoms with van der Waals surface area (Å²) in [4.78, 5) is 35.6. The first-order chi connectivity index (χ1) is 11.4. The van der Waals surface area contributed by atoms with Crippen LogP contribution in [-0.2, 0) is 14.3 Å². The zero-order chi connectivity index (χ0) is 18.1. The Hall–Kier alpha value is -1.44. The molecule has 6 nitrogen and oxygen atoms in total. The van der Waals surface area contributed by atoms with Gasteiger partial charge in [0, 0.05) is 5.02 Å². The summed E-state index contributed by atoms with van der Waals surface area (Å²) in [7, 11) is 1.25. The highest BCUT2D eigenvalue weighted by Crippen LogP contribution is 2.20. The maximum Gasteiger partial charge on any atom is 0.328 e. The Morgan fingerprint density at radius 2 is 2.00 bits per heavy atom. The molecule has 0 aromatic heterocycles. The number of nitrogens with one attached hydrogen (secondary N) is 2. The highest BCUT2D eigenvalue weighted by molar-refractivity contribution is 7.98. The average Bonchev–Trinajstić information content (AvgIpc) is 2.55. The molecule has 0 aliphatic carbocycles. The number of amides is 2. The highest BCUT2D eigenvalue weighted by Gasteiger charge is 2.21. The van der Waals surface area contributed by atoms with Gasteiger partial charge in [-0.15, -0.1) is 0 Å². The molecule has 1 atom stereocenters. The molecule has 0 aliphatic heterocycles. The summed E-state index contributed by atoms with van der Waals surface area (Å²) >= 11 is 13.2. The predicted molar refractivity (Wildman–Crippen MR) is 95.7 cm³/mol. The smallest absolute Gasteiger partial charge is 0.328 e. The summed E-state index contributed by atoms with van der Waals surface area (Å²) in [6, 6.07) is 3.69. The van der Waals surface area contributed by atoms with E-state index in [2.05, 4.69) is 15.4 Å². The van der Waals surface area contributed by atoms with Gasteiger partial charge in [0.1, 0.15) is 6.04 Å². The van der Waals surface area contributed by atoms with Crippen molar-refractivity contribution < 1.29 is 19.1 Å². The number of hydrogen-bond acceptors (Lipinski definition) is 5. The van der Waals surface area contributed by atoms with E-state index in [0.717, 1.165) is 0 Å². The largest absolute Gasteiger partial charge is 0.467 e. The zero-order valence-electron chi connectivity index (χ0n) is 13.2. The topological polar surface area (TPSA) is 84.5 Å². The standard InChI is InChI=1S/C15H18Cl2N2O4S/c1-23-15(22)12(5-6-24-2)19-13(20)8-18-14(21)10-4-3-9(16)7-11(10)17/h3-4,7,12H,5-6,8H2,1-2H3,(H,18,21)(H,19,20)/t12-/m1/s1. The normalized spacial score (nSPS) is 11.5. The minimum Gasteiger partial charge on any atom is -0.467 e. The van der Waals surface area contributed by atoms with Crippen LogP contribution in [0.1, 0.15) is 16.8 Å². The van der Waals surface area contributed by atoms with Crippen molar-refractivity contribution >= 4 is 52.7 Å². The van der Waals surface area contributed by atoms with Gasteiger partial charge in [0.15, 0.2) is 0 Å². The Bertz CT molecular complexity index is 613.